The molecule has 1 unspecified atom stereocenters. The number of hydrogen-bond acceptors (Lipinski definition) is 3. The zero-order chi connectivity index (χ0) is 7.98. The number of rotatable bonds is 4. The lowest BCUT2D eigenvalue weighted by molar-refractivity contribution is -0.131. The van der Waals surface area contributed by atoms with Gasteiger partial charge in [-0.15, -0.1) is 0 Å². The van der Waals surface area contributed by atoms with Crippen LogP contribution in [0.2, 0.25) is 0 Å². The summed E-state index contributed by atoms with van der Waals surface area (Å²) in [5, 5.41) is 10.2. The molecule has 0 aliphatic heterocycles. The SMILES string of the molecule is CCN(CC(C)C#N)OC. The molecule has 0 aromatic rings. The molecule has 0 fully saturated rings. The van der Waals surface area contributed by atoms with Gasteiger partial charge in [0, 0.05) is 13.1 Å². The summed E-state index contributed by atoms with van der Waals surface area (Å²) in [5.41, 5.74) is 0. The normalized spacial score (nSPS) is 13.1. The predicted octanol–water partition coefficient (Wildman–Crippen LogP) is 1.03. The Labute approximate surface area is 62.1 Å². The lowest BCUT2D eigenvalue weighted by atomic mass is 10.2. The zero-order valence-electron chi connectivity index (χ0n) is 6.79. The van der Waals surface area contributed by atoms with Crippen molar-refractivity contribution in [2.24, 2.45) is 5.92 Å². The highest BCUT2D eigenvalue weighted by atomic mass is 16.7. The molecule has 10 heavy (non-hydrogen) atoms. The molecule has 3 nitrogen and oxygen atoms in total. The molecule has 3 heteroatoms. The van der Waals surface area contributed by atoms with Crippen LogP contribution in [0, 0.1) is 17.2 Å². The summed E-state index contributed by atoms with van der Waals surface area (Å²) in [5.74, 6) is 0.0416. The van der Waals surface area contributed by atoms with Crippen molar-refractivity contribution < 1.29 is 4.84 Å². The maximum atomic E-state index is 8.44. The fraction of sp³-hybridized carbons (Fsp3) is 0.857. The molecule has 0 N–H and O–H groups in total. The molecule has 58 valence electrons. The first-order chi connectivity index (χ1) is 4.74. The molecule has 0 saturated heterocycles. The van der Waals surface area contributed by atoms with Crippen LogP contribution < -0.4 is 0 Å². The van der Waals surface area contributed by atoms with Crippen molar-refractivity contribution >= 4 is 0 Å². The van der Waals surface area contributed by atoms with Crippen molar-refractivity contribution in [3.05, 3.63) is 0 Å². The summed E-state index contributed by atoms with van der Waals surface area (Å²) in [6.45, 7) is 5.38. The number of nitriles is 1. The minimum absolute atomic E-state index is 0.0416. The zero-order valence-corrected chi connectivity index (χ0v) is 6.79. The highest BCUT2D eigenvalue weighted by Gasteiger charge is 2.05. The van der Waals surface area contributed by atoms with E-state index in [0.29, 0.717) is 6.54 Å². The first-order valence-corrected chi connectivity index (χ1v) is 3.43. The van der Waals surface area contributed by atoms with E-state index in [0.717, 1.165) is 6.54 Å². The topological polar surface area (TPSA) is 36.3 Å². The van der Waals surface area contributed by atoms with Crippen LogP contribution in [-0.2, 0) is 4.84 Å². The summed E-state index contributed by atoms with van der Waals surface area (Å²) >= 11 is 0. The van der Waals surface area contributed by atoms with Crippen LogP contribution in [0.3, 0.4) is 0 Å². The first-order valence-electron chi connectivity index (χ1n) is 3.43. The van der Waals surface area contributed by atoms with E-state index in [1.54, 1.807) is 12.2 Å². The van der Waals surface area contributed by atoms with E-state index in [1.165, 1.54) is 0 Å². The monoisotopic (exact) mass is 142 g/mol. The molecule has 0 spiro atoms. The van der Waals surface area contributed by atoms with Crippen molar-refractivity contribution in [1.82, 2.24) is 5.06 Å². The minimum Gasteiger partial charge on any atom is -0.302 e. The summed E-state index contributed by atoms with van der Waals surface area (Å²) in [7, 11) is 1.62. The van der Waals surface area contributed by atoms with Crippen LogP contribution >= 0.6 is 0 Å². The lowest BCUT2D eigenvalue weighted by Crippen LogP contribution is -2.26. The van der Waals surface area contributed by atoms with Gasteiger partial charge in [0.25, 0.3) is 0 Å². The summed E-state index contributed by atoms with van der Waals surface area (Å²) in [6.07, 6.45) is 0. The fourth-order valence-corrected chi connectivity index (χ4v) is 0.679. The Balaban J connectivity index is 3.54. The van der Waals surface area contributed by atoms with E-state index in [-0.39, 0.29) is 5.92 Å². The molecule has 0 saturated carbocycles. The molecule has 0 heterocycles. The average Bonchev–Trinajstić information content (AvgIpc) is 1.99. The summed E-state index contributed by atoms with van der Waals surface area (Å²) < 4.78 is 0. The second-order valence-corrected chi connectivity index (χ2v) is 2.19. The van der Waals surface area contributed by atoms with E-state index >= 15 is 0 Å². The molecule has 0 aromatic heterocycles. The maximum Gasteiger partial charge on any atom is 0.0667 e. The lowest BCUT2D eigenvalue weighted by Gasteiger charge is -2.17. The van der Waals surface area contributed by atoms with Crippen molar-refractivity contribution in [2.45, 2.75) is 13.8 Å². The molecular formula is C7H14N2O. The van der Waals surface area contributed by atoms with Gasteiger partial charge >= 0.3 is 0 Å². The van der Waals surface area contributed by atoms with E-state index in [9.17, 15) is 0 Å². The van der Waals surface area contributed by atoms with Gasteiger partial charge in [0.1, 0.15) is 0 Å². The van der Waals surface area contributed by atoms with Crippen LogP contribution in [-0.4, -0.2) is 25.3 Å². The Morgan fingerprint density at radius 1 is 1.70 bits per heavy atom. The Bertz CT molecular complexity index is 115. The van der Waals surface area contributed by atoms with Crippen LogP contribution in [0.5, 0.6) is 0 Å². The Kier molecular flexibility index (Phi) is 4.91. The van der Waals surface area contributed by atoms with Gasteiger partial charge in [0.15, 0.2) is 0 Å². The molecule has 0 aliphatic rings. The molecular weight excluding hydrogens is 128 g/mol. The van der Waals surface area contributed by atoms with E-state index < -0.39 is 0 Å². The second kappa shape index (κ2) is 5.21. The standard InChI is InChI=1S/C7H14N2O/c1-4-9(10-3)6-7(2)5-8/h7H,4,6H2,1-3H3. The third-order valence-corrected chi connectivity index (χ3v) is 1.31. The Hall–Kier alpha value is -0.590. The van der Waals surface area contributed by atoms with Crippen molar-refractivity contribution in [3.8, 4) is 6.07 Å². The van der Waals surface area contributed by atoms with Crippen LogP contribution in [0.25, 0.3) is 0 Å². The Morgan fingerprint density at radius 3 is 2.60 bits per heavy atom. The van der Waals surface area contributed by atoms with Crippen LogP contribution in [0.15, 0.2) is 0 Å². The molecule has 0 aliphatic carbocycles. The molecule has 0 radical (unpaired) electrons. The minimum atomic E-state index is 0.0416. The fourth-order valence-electron chi connectivity index (χ4n) is 0.679. The molecule has 0 bridgehead atoms. The van der Waals surface area contributed by atoms with Gasteiger partial charge in [-0.3, -0.25) is 0 Å². The molecule has 0 amide bonds. The summed E-state index contributed by atoms with van der Waals surface area (Å²) in [4.78, 5) is 4.95. The van der Waals surface area contributed by atoms with Gasteiger partial charge in [-0.1, -0.05) is 6.92 Å². The second-order valence-electron chi connectivity index (χ2n) is 2.19. The summed E-state index contributed by atoms with van der Waals surface area (Å²) in [6, 6.07) is 2.14. The quantitative estimate of drug-likeness (QED) is 0.550. The van der Waals surface area contributed by atoms with Gasteiger partial charge in [0.2, 0.25) is 0 Å². The third kappa shape index (κ3) is 3.44. The van der Waals surface area contributed by atoms with Crippen LogP contribution in [0.4, 0.5) is 0 Å². The van der Waals surface area contributed by atoms with Gasteiger partial charge in [-0.2, -0.15) is 10.3 Å². The predicted molar refractivity (Wildman–Crippen MR) is 39.0 cm³/mol. The number of hydroxylamine groups is 2. The highest BCUT2D eigenvalue weighted by molar-refractivity contribution is 4.79. The average molecular weight is 142 g/mol. The van der Waals surface area contributed by atoms with Gasteiger partial charge in [0.05, 0.1) is 19.1 Å². The van der Waals surface area contributed by atoms with E-state index in [2.05, 4.69) is 6.07 Å². The van der Waals surface area contributed by atoms with Crippen molar-refractivity contribution in [3.63, 3.8) is 0 Å². The first kappa shape index (κ1) is 9.41. The smallest absolute Gasteiger partial charge is 0.0667 e. The number of nitrogens with zero attached hydrogens (tertiary/aromatic N) is 2. The third-order valence-electron chi connectivity index (χ3n) is 1.31. The largest absolute Gasteiger partial charge is 0.302 e. The maximum absolute atomic E-state index is 8.44. The van der Waals surface area contributed by atoms with Gasteiger partial charge in [-0.05, 0) is 6.92 Å². The molecule has 1 atom stereocenters. The number of hydrogen-bond donors (Lipinski definition) is 0. The van der Waals surface area contributed by atoms with Gasteiger partial charge < -0.3 is 4.84 Å². The van der Waals surface area contributed by atoms with Crippen LogP contribution in [0.1, 0.15) is 13.8 Å². The van der Waals surface area contributed by atoms with Crippen molar-refractivity contribution in [2.75, 3.05) is 20.2 Å². The molecule has 0 aromatic carbocycles. The van der Waals surface area contributed by atoms with E-state index in [1.807, 2.05) is 13.8 Å². The highest BCUT2D eigenvalue weighted by Crippen LogP contribution is 1.96. The van der Waals surface area contributed by atoms with Crippen molar-refractivity contribution in [1.29, 1.82) is 5.26 Å². The Morgan fingerprint density at radius 2 is 2.30 bits per heavy atom. The molecule has 0 rings (SSSR count). The van der Waals surface area contributed by atoms with Gasteiger partial charge in [-0.25, -0.2) is 0 Å². The van der Waals surface area contributed by atoms with E-state index in [4.69, 9.17) is 10.1 Å².